The van der Waals surface area contributed by atoms with Gasteiger partial charge in [0.05, 0.1) is 0 Å². The summed E-state index contributed by atoms with van der Waals surface area (Å²) in [5, 5.41) is 0. The first-order valence-corrected chi connectivity index (χ1v) is 8.64. The Kier molecular flexibility index (Phi) is 4.66. The Hall–Kier alpha value is -2.19. The highest BCUT2D eigenvalue weighted by molar-refractivity contribution is 5.69. The first-order valence-electron chi connectivity index (χ1n) is 8.64. The van der Waals surface area contributed by atoms with E-state index in [9.17, 15) is 4.79 Å². The van der Waals surface area contributed by atoms with E-state index >= 15 is 0 Å². The van der Waals surface area contributed by atoms with E-state index in [1.807, 2.05) is 32.9 Å². The smallest absolute Gasteiger partial charge is 0.410 e. The fourth-order valence-corrected chi connectivity index (χ4v) is 3.51. The lowest BCUT2D eigenvalue weighted by Crippen LogP contribution is -2.72. The fraction of sp³-hybridized carbons (Fsp3) is 0.550. The average molecular weight is 342 g/mol. The van der Waals surface area contributed by atoms with Crippen LogP contribution in [0.25, 0.3) is 0 Å². The van der Waals surface area contributed by atoms with Crippen LogP contribution < -0.4 is 4.74 Å². The van der Waals surface area contributed by atoms with Crippen molar-refractivity contribution in [1.82, 2.24) is 9.80 Å². The number of rotatable bonds is 4. The average Bonchev–Trinajstić information content (AvgIpc) is 2.45. The van der Waals surface area contributed by atoms with Crippen LogP contribution in [0.4, 0.5) is 4.79 Å². The topological polar surface area (TPSA) is 42.0 Å². The van der Waals surface area contributed by atoms with Gasteiger partial charge in [0.1, 0.15) is 18.0 Å². The Bertz CT molecular complexity index is 656. The molecule has 0 bridgehead atoms. The van der Waals surface area contributed by atoms with Crippen LogP contribution in [0.2, 0.25) is 0 Å². The molecule has 134 valence electrons. The molecule has 0 aromatic heterocycles. The summed E-state index contributed by atoms with van der Waals surface area (Å²) in [6.45, 7) is 10.6. The predicted octanol–water partition coefficient (Wildman–Crippen LogP) is 2.75. The van der Waals surface area contributed by atoms with Crippen molar-refractivity contribution in [1.29, 1.82) is 0 Å². The molecule has 5 heteroatoms. The maximum Gasteiger partial charge on any atom is 0.410 e. The molecular formula is C20H26N2O3. The molecule has 2 saturated heterocycles. The van der Waals surface area contributed by atoms with Crippen molar-refractivity contribution < 1.29 is 14.3 Å². The van der Waals surface area contributed by atoms with Gasteiger partial charge >= 0.3 is 6.09 Å². The van der Waals surface area contributed by atoms with E-state index in [1.54, 1.807) is 4.90 Å². The molecule has 2 heterocycles. The van der Waals surface area contributed by atoms with E-state index in [1.165, 1.54) is 5.56 Å². The van der Waals surface area contributed by atoms with Crippen molar-refractivity contribution in [2.24, 2.45) is 5.41 Å². The van der Waals surface area contributed by atoms with Crippen molar-refractivity contribution >= 4 is 6.09 Å². The van der Waals surface area contributed by atoms with Crippen LogP contribution in [0.1, 0.15) is 26.3 Å². The van der Waals surface area contributed by atoms with Crippen molar-refractivity contribution in [2.75, 3.05) is 32.8 Å². The van der Waals surface area contributed by atoms with Crippen LogP contribution in [0.3, 0.4) is 0 Å². The summed E-state index contributed by atoms with van der Waals surface area (Å²) in [6.07, 6.45) is 4.99. The Balaban J connectivity index is 1.41. The molecular weight excluding hydrogens is 316 g/mol. The molecule has 0 radical (unpaired) electrons. The number of terminal acetylenes is 1. The minimum absolute atomic E-state index is 0.195. The summed E-state index contributed by atoms with van der Waals surface area (Å²) in [5.74, 6) is 3.26. The van der Waals surface area contributed by atoms with Gasteiger partial charge in [-0.05, 0) is 38.5 Å². The second-order valence-electron chi connectivity index (χ2n) is 8.12. The summed E-state index contributed by atoms with van der Waals surface area (Å²) in [7, 11) is 0. The lowest BCUT2D eigenvalue weighted by atomic mass is 9.73. The molecule has 1 aromatic rings. The number of likely N-dealkylation sites (tertiary alicyclic amines) is 2. The van der Waals surface area contributed by atoms with Crippen molar-refractivity contribution in [3.05, 3.63) is 29.8 Å². The van der Waals surface area contributed by atoms with Gasteiger partial charge in [0, 0.05) is 38.1 Å². The summed E-state index contributed by atoms with van der Waals surface area (Å²) in [4.78, 5) is 16.2. The van der Waals surface area contributed by atoms with Crippen molar-refractivity contribution in [3.63, 3.8) is 0 Å². The number of carbonyl (C=O) groups excluding carboxylic acids is 1. The molecule has 1 spiro atoms. The second-order valence-corrected chi connectivity index (χ2v) is 8.12. The van der Waals surface area contributed by atoms with Gasteiger partial charge in [0.2, 0.25) is 0 Å². The van der Waals surface area contributed by atoms with Crippen molar-refractivity contribution in [3.8, 4) is 18.1 Å². The molecule has 0 aliphatic carbocycles. The highest BCUT2D eigenvalue weighted by atomic mass is 16.6. The van der Waals surface area contributed by atoms with E-state index in [0.29, 0.717) is 6.61 Å². The quantitative estimate of drug-likeness (QED) is 0.789. The maximum absolute atomic E-state index is 12.0. The number of nitrogens with zero attached hydrogens (tertiary/aromatic N) is 2. The second kappa shape index (κ2) is 6.61. The molecule has 2 fully saturated rings. The normalized spacial score (nSPS) is 18.9. The minimum atomic E-state index is -0.429. The first-order chi connectivity index (χ1) is 11.8. The largest absolute Gasteiger partial charge is 0.481 e. The van der Waals surface area contributed by atoms with Gasteiger partial charge in [0.15, 0.2) is 0 Å². The van der Waals surface area contributed by atoms with E-state index < -0.39 is 5.60 Å². The number of carbonyl (C=O) groups is 1. The number of hydrogen-bond donors (Lipinski definition) is 0. The molecule has 0 atom stereocenters. The molecule has 25 heavy (non-hydrogen) atoms. The number of ether oxygens (including phenoxy) is 2. The number of hydrogen-bond acceptors (Lipinski definition) is 4. The minimum Gasteiger partial charge on any atom is -0.481 e. The lowest BCUT2D eigenvalue weighted by molar-refractivity contribution is -0.115. The van der Waals surface area contributed by atoms with Crippen LogP contribution in [0.15, 0.2) is 24.3 Å². The van der Waals surface area contributed by atoms with Crippen molar-refractivity contribution in [2.45, 2.75) is 32.9 Å². The SMILES string of the molecule is C#CCOc1ccc(CN2CC3(C2)CN(C(=O)OC(C)(C)C)C3)cc1. The number of benzene rings is 1. The van der Waals surface area contributed by atoms with Crippen LogP contribution in [-0.4, -0.2) is 54.3 Å². The van der Waals surface area contributed by atoms with Crippen LogP contribution >= 0.6 is 0 Å². The van der Waals surface area contributed by atoms with Gasteiger partial charge in [0.25, 0.3) is 0 Å². The molecule has 1 aromatic carbocycles. The van der Waals surface area contributed by atoms with E-state index in [-0.39, 0.29) is 11.5 Å². The molecule has 0 N–H and O–H groups in total. The van der Waals surface area contributed by atoms with E-state index in [0.717, 1.165) is 38.5 Å². The maximum atomic E-state index is 12.0. The van der Waals surface area contributed by atoms with Crippen LogP contribution in [0.5, 0.6) is 5.75 Å². The van der Waals surface area contributed by atoms with Gasteiger partial charge in [-0.2, -0.15) is 0 Å². The Labute approximate surface area is 149 Å². The third kappa shape index (κ3) is 4.26. The monoisotopic (exact) mass is 342 g/mol. The molecule has 0 saturated carbocycles. The Morgan fingerprint density at radius 1 is 1.20 bits per heavy atom. The molecule has 0 unspecified atom stereocenters. The lowest BCUT2D eigenvalue weighted by Gasteiger charge is -2.60. The molecule has 2 aliphatic rings. The van der Waals surface area contributed by atoms with Gasteiger partial charge < -0.3 is 14.4 Å². The third-order valence-corrected chi connectivity index (χ3v) is 4.47. The van der Waals surface area contributed by atoms with Crippen LogP contribution in [-0.2, 0) is 11.3 Å². The zero-order valence-corrected chi connectivity index (χ0v) is 15.2. The highest BCUT2D eigenvalue weighted by Gasteiger charge is 2.53. The van der Waals surface area contributed by atoms with E-state index in [4.69, 9.17) is 15.9 Å². The molecule has 5 nitrogen and oxygen atoms in total. The highest BCUT2D eigenvalue weighted by Crippen LogP contribution is 2.40. The third-order valence-electron chi connectivity index (χ3n) is 4.47. The standard InChI is InChI=1S/C20H26N2O3/c1-5-10-24-17-8-6-16(7-9-17)11-21-12-20(13-21)14-22(15-20)18(23)25-19(2,3)4/h1,6-9H,10-15H2,2-4H3. The van der Waals surface area contributed by atoms with Crippen LogP contribution in [0, 0.1) is 17.8 Å². The molecule has 3 rings (SSSR count). The zero-order valence-electron chi connectivity index (χ0n) is 15.2. The molecule has 1 amide bonds. The Morgan fingerprint density at radius 2 is 1.84 bits per heavy atom. The van der Waals surface area contributed by atoms with Gasteiger partial charge in [-0.3, -0.25) is 4.90 Å². The summed E-state index contributed by atoms with van der Waals surface area (Å²) >= 11 is 0. The zero-order chi connectivity index (χ0) is 18.1. The van der Waals surface area contributed by atoms with Gasteiger partial charge in [-0.1, -0.05) is 18.1 Å². The number of amides is 1. The van der Waals surface area contributed by atoms with Gasteiger partial charge in [-0.25, -0.2) is 4.79 Å². The fourth-order valence-electron chi connectivity index (χ4n) is 3.51. The van der Waals surface area contributed by atoms with Gasteiger partial charge in [-0.15, -0.1) is 6.42 Å². The predicted molar refractivity (Wildman–Crippen MR) is 96.3 cm³/mol. The summed E-state index contributed by atoms with van der Waals surface area (Å²) in [5.41, 5.74) is 1.10. The summed E-state index contributed by atoms with van der Waals surface area (Å²) < 4.78 is 10.8. The molecule has 2 aliphatic heterocycles. The Morgan fingerprint density at radius 3 is 2.40 bits per heavy atom. The first kappa shape index (κ1) is 17.6. The summed E-state index contributed by atoms with van der Waals surface area (Å²) in [6, 6.07) is 8.06. The van der Waals surface area contributed by atoms with E-state index in [2.05, 4.69) is 23.0 Å².